The molecular formula is C10H16N4O2. The monoisotopic (exact) mass is 224 g/mol. The quantitative estimate of drug-likeness (QED) is 0.679. The normalized spacial score (nSPS) is 21.1. The zero-order valence-corrected chi connectivity index (χ0v) is 9.26. The van der Waals surface area contributed by atoms with Gasteiger partial charge in [-0.05, 0) is 12.8 Å². The molecule has 88 valence electrons. The van der Waals surface area contributed by atoms with E-state index in [1.165, 1.54) is 10.9 Å². The van der Waals surface area contributed by atoms with Crippen LogP contribution in [-0.2, 0) is 7.05 Å². The minimum atomic E-state index is -0.421. The van der Waals surface area contributed by atoms with Crippen molar-refractivity contribution in [3.63, 3.8) is 0 Å². The van der Waals surface area contributed by atoms with Gasteiger partial charge in [0, 0.05) is 20.1 Å². The summed E-state index contributed by atoms with van der Waals surface area (Å²) in [4.78, 5) is 13.7. The Balaban J connectivity index is 2.15. The highest BCUT2D eigenvalue weighted by molar-refractivity contribution is 5.98. The number of carbonyl (C=O) groups excluding carboxylic acids is 1. The molecule has 3 N–H and O–H groups in total. The molecular weight excluding hydrogens is 208 g/mol. The first-order valence-electron chi connectivity index (χ1n) is 5.34. The summed E-state index contributed by atoms with van der Waals surface area (Å²) in [7, 11) is 1.69. The van der Waals surface area contributed by atoms with Crippen LogP contribution < -0.4 is 5.73 Å². The van der Waals surface area contributed by atoms with E-state index >= 15 is 0 Å². The second-order valence-electron chi connectivity index (χ2n) is 4.11. The van der Waals surface area contributed by atoms with E-state index in [1.54, 1.807) is 11.9 Å². The van der Waals surface area contributed by atoms with Gasteiger partial charge < -0.3 is 15.7 Å². The fourth-order valence-electron chi connectivity index (χ4n) is 1.92. The molecule has 1 aliphatic heterocycles. The Morgan fingerprint density at radius 3 is 3.00 bits per heavy atom. The zero-order chi connectivity index (χ0) is 11.7. The molecule has 1 saturated heterocycles. The third-order valence-electron chi connectivity index (χ3n) is 2.90. The molecule has 1 aromatic rings. The molecule has 0 aromatic carbocycles. The van der Waals surface area contributed by atoms with Gasteiger partial charge in [-0.15, -0.1) is 0 Å². The van der Waals surface area contributed by atoms with Crippen molar-refractivity contribution in [1.29, 1.82) is 0 Å². The number of piperidine rings is 1. The van der Waals surface area contributed by atoms with Crippen molar-refractivity contribution in [3.05, 3.63) is 11.8 Å². The molecule has 16 heavy (non-hydrogen) atoms. The van der Waals surface area contributed by atoms with Crippen molar-refractivity contribution in [2.24, 2.45) is 7.05 Å². The maximum Gasteiger partial charge on any atom is 0.259 e. The molecule has 2 heterocycles. The highest BCUT2D eigenvalue weighted by Crippen LogP contribution is 2.17. The van der Waals surface area contributed by atoms with Gasteiger partial charge in [0.15, 0.2) is 0 Å². The van der Waals surface area contributed by atoms with Gasteiger partial charge in [-0.1, -0.05) is 0 Å². The summed E-state index contributed by atoms with van der Waals surface area (Å²) >= 11 is 0. The van der Waals surface area contributed by atoms with Crippen molar-refractivity contribution in [1.82, 2.24) is 14.7 Å². The Labute approximate surface area is 93.6 Å². The summed E-state index contributed by atoms with van der Waals surface area (Å²) in [5.74, 6) is 0.217. The number of carbonyl (C=O) groups is 1. The van der Waals surface area contributed by atoms with E-state index in [-0.39, 0.29) is 5.91 Å². The Bertz CT molecular complexity index is 402. The maximum absolute atomic E-state index is 12.1. The first kappa shape index (κ1) is 10.9. The van der Waals surface area contributed by atoms with E-state index < -0.39 is 6.10 Å². The van der Waals surface area contributed by atoms with Gasteiger partial charge >= 0.3 is 0 Å². The number of anilines is 1. The molecule has 0 aliphatic carbocycles. The number of hydrogen-bond acceptors (Lipinski definition) is 4. The van der Waals surface area contributed by atoms with Gasteiger partial charge in [0.2, 0.25) is 0 Å². The number of β-amino-alcohol motifs (C(OH)–C–C–N with tert-alkyl or cyclic N) is 1. The minimum absolute atomic E-state index is 0.149. The lowest BCUT2D eigenvalue weighted by atomic mass is 10.1. The molecule has 0 radical (unpaired) electrons. The SMILES string of the molecule is Cn1ncc(C(=O)N2CCCC(O)C2)c1N. The molecule has 1 aliphatic rings. The van der Waals surface area contributed by atoms with E-state index in [1.807, 2.05) is 0 Å². The predicted octanol–water partition coefficient (Wildman–Crippen LogP) is -0.401. The number of amides is 1. The van der Waals surface area contributed by atoms with E-state index in [0.717, 1.165) is 12.8 Å². The second-order valence-corrected chi connectivity index (χ2v) is 4.11. The average Bonchev–Trinajstić information content (AvgIpc) is 2.59. The van der Waals surface area contributed by atoms with Gasteiger partial charge in [0.05, 0.1) is 12.3 Å². The van der Waals surface area contributed by atoms with Crippen LogP contribution in [0.3, 0.4) is 0 Å². The van der Waals surface area contributed by atoms with Crippen molar-refractivity contribution < 1.29 is 9.90 Å². The first-order valence-corrected chi connectivity index (χ1v) is 5.34. The predicted molar refractivity (Wildman–Crippen MR) is 58.8 cm³/mol. The van der Waals surface area contributed by atoms with E-state index in [0.29, 0.717) is 24.5 Å². The third-order valence-corrected chi connectivity index (χ3v) is 2.90. The van der Waals surface area contributed by atoms with Gasteiger partial charge in [-0.2, -0.15) is 5.10 Å². The lowest BCUT2D eigenvalue weighted by Crippen LogP contribution is -2.42. The molecule has 6 nitrogen and oxygen atoms in total. The van der Waals surface area contributed by atoms with E-state index in [2.05, 4.69) is 5.10 Å². The number of likely N-dealkylation sites (tertiary alicyclic amines) is 1. The molecule has 1 fully saturated rings. The zero-order valence-electron chi connectivity index (χ0n) is 9.26. The van der Waals surface area contributed by atoms with Crippen LogP contribution in [-0.4, -0.2) is 44.9 Å². The highest BCUT2D eigenvalue weighted by Gasteiger charge is 2.25. The molecule has 6 heteroatoms. The lowest BCUT2D eigenvalue weighted by Gasteiger charge is -2.29. The van der Waals surface area contributed by atoms with Crippen molar-refractivity contribution in [3.8, 4) is 0 Å². The maximum atomic E-state index is 12.1. The van der Waals surface area contributed by atoms with Gasteiger partial charge in [-0.25, -0.2) is 0 Å². The number of nitrogens with two attached hydrogens (primary N) is 1. The van der Waals surface area contributed by atoms with Crippen LogP contribution in [0.4, 0.5) is 5.82 Å². The Hall–Kier alpha value is -1.56. The van der Waals surface area contributed by atoms with E-state index in [9.17, 15) is 9.90 Å². The van der Waals surface area contributed by atoms with Crippen LogP contribution in [0, 0.1) is 0 Å². The first-order chi connectivity index (χ1) is 7.59. The van der Waals surface area contributed by atoms with Crippen LogP contribution in [0.15, 0.2) is 6.20 Å². The summed E-state index contributed by atoms with van der Waals surface area (Å²) in [5, 5.41) is 13.4. The fraction of sp³-hybridized carbons (Fsp3) is 0.600. The summed E-state index contributed by atoms with van der Waals surface area (Å²) in [6, 6.07) is 0. The topological polar surface area (TPSA) is 84.4 Å². The third kappa shape index (κ3) is 1.88. The standard InChI is InChI=1S/C10H16N4O2/c1-13-9(11)8(5-12-13)10(16)14-4-2-3-7(15)6-14/h5,7,15H,2-4,6,11H2,1H3. The van der Waals surface area contributed by atoms with Crippen molar-refractivity contribution >= 4 is 11.7 Å². The molecule has 0 bridgehead atoms. The number of aliphatic hydroxyl groups excluding tert-OH is 1. The van der Waals surface area contributed by atoms with Crippen LogP contribution in [0.5, 0.6) is 0 Å². The van der Waals surface area contributed by atoms with Crippen LogP contribution in [0.2, 0.25) is 0 Å². The highest BCUT2D eigenvalue weighted by atomic mass is 16.3. The number of aromatic nitrogens is 2. The number of nitrogens with zero attached hydrogens (tertiary/aromatic N) is 3. The Kier molecular flexibility index (Phi) is 2.82. The summed E-state index contributed by atoms with van der Waals surface area (Å²) in [6.07, 6.45) is 2.63. The van der Waals surface area contributed by atoms with Crippen molar-refractivity contribution in [2.45, 2.75) is 18.9 Å². The minimum Gasteiger partial charge on any atom is -0.391 e. The molecule has 0 saturated carbocycles. The largest absolute Gasteiger partial charge is 0.391 e. The summed E-state index contributed by atoms with van der Waals surface area (Å²) < 4.78 is 1.47. The molecule has 1 aromatic heterocycles. The molecule has 1 unspecified atom stereocenters. The summed E-state index contributed by atoms with van der Waals surface area (Å²) in [6.45, 7) is 1.05. The number of nitrogen functional groups attached to an aromatic ring is 1. The van der Waals surface area contributed by atoms with Crippen LogP contribution in [0.1, 0.15) is 23.2 Å². The Morgan fingerprint density at radius 2 is 2.44 bits per heavy atom. The lowest BCUT2D eigenvalue weighted by molar-refractivity contribution is 0.0474. The summed E-state index contributed by atoms with van der Waals surface area (Å²) in [5.41, 5.74) is 6.15. The van der Waals surface area contributed by atoms with E-state index in [4.69, 9.17) is 5.73 Å². The molecule has 2 rings (SSSR count). The second kappa shape index (κ2) is 4.13. The molecule has 1 amide bonds. The fourth-order valence-corrected chi connectivity index (χ4v) is 1.92. The Morgan fingerprint density at radius 1 is 1.69 bits per heavy atom. The van der Waals surface area contributed by atoms with Gasteiger partial charge in [-0.3, -0.25) is 9.48 Å². The number of hydrogen-bond donors (Lipinski definition) is 2. The van der Waals surface area contributed by atoms with Crippen LogP contribution in [0.25, 0.3) is 0 Å². The smallest absolute Gasteiger partial charge is 0.259 e. The average molecular weight is 224 g/mol. The van der Waals surface area contributed by atoms with Gasteiger partial charge in [0.1, 0.15) is 11.4 Å². The van der Waals surface area contributed by atoms with Gasteiger partial charge in [0.25, 0.3) is 5.91 Å². The number of rotatable bonds is 1. The molecule has 0 spiro atoms. The van der Waals surface area contributed by atoms with Crippen molar-refractivity contribution in [2.75, 3.05) is 18.8 Å². The molecule has 1 atom stereocenters. The van der Waals surface area contributed by atoms with Crippen LogP contribution >= 0.6 is 0 Å². The number of aryl methyl sites for hydroxylation is 1. The number of aliphatic hydroxyl groups is 1.